The minimum absolute atomic E-state index is 0.407. The summed E-state index contributed by atoms with van der Waals surface area (Å²) in [5.74, 6) is 0.817. The molecular formula is C17H24N2O2Si. The minimum Gasteiger partial charge on any atom is -0.497 e. The maximum Gasteiger partial charge on any atom is 0.122 e. The first-order valence-electron chi connectivity index (χ1n) is 7.55. The molecule has 0 aliphatic carbocycles. The van der Waals surface area contributed by atoms with E-state index in [9.17, 15) is 0 Å². The summed E-state index contributed by atoms with van der Waals surface area (Å²) in [6.07, 6.45) is 2.42. The predicted molar refractivity (Wildman–Crippen MR) is 91.9 cm³/mol. The first kappa shape index (κ1) is 16.6. The Kier molecular flexibility index (Phi) is 5.27. The zero-order valence-electron chi connectivity index (χ0n) is 13.8. The van der Waals surface area contributed by atoms with Crippen molar-refractivity contribution in [1.29, 1.82) is 5.26 Å². The summed E-state index contributed by atoms with van der Waals surface area (Å²) in [6, 6.07) is 9.32. The van der Waals surface area contributed by atoms with E-state index in [-0.39, 0.29) is 0 Å². The molecule has 0 aliphatic rings. The molecule has 0 unspecified atom stereocenters. The van der Waals surface area contributed by atoms with Crippen molar-refractivity contribution in [2.45, 2.75) is 38.8 Å². The average Bonchev–Trinajstić information content (AvgIpc) is 2.80. The molecule has 0 spiro atoms. The highest BCUT2D eigenvalue weighted by Gasteiger charge is 2.13. The number of aromatic nitrogens is 1. The number of rotatable bonds is 7. The van der Waals surface area contributed by atoms with E-state index in [2.05, 4.69) is 30.3 Å². The lowest BCUT2D eigenvalue weighted by Crippen LogP contribution is -2.21. The van der Waals surface area contributed by atoms with Gasteiger partial charge in [-0.05, 0) is 23.7 Å². The Labute approximate surface area is 133 Å². The predicted octanol–water partition coefficient (Wildman–Crippen LogP) is 4.03. The van der Waals surface area contributed by atoms with Crippen molar-refractivity contribution in [2.75, 3.05) is 13.7 Å². The molecule has 0 bridgehead atoms. The van der Waals surface area contributed by atoms with E-state index in [4.69, 9.17) is 14.7 Å². The molecule has 5 heteroatoms. The SMILES string of the molecule is COc1ccc2c(CC#N)cn(COCC[Si](C)(C)C)c2c1. The molecular weight excluding hydrogens is 292 g/mol. The smallest absolute Gasteiger partial charge is 0.122 e. The number of nitrogens with zero attached hydrogens (tertiary/aromatic N) is 2. The number of benzene rings is 1. The van der Waals surface area contributed by atoms with E-state index in [1.54, 1.807) is 7.11 Å². The standard InChI is InChI=1S/C17H24N2O2Si/c1-20-15-5-6-16-14(7-8-18)12-19(17(16)11-15)13-21-9-10-22(2,3)4/h5-6,11-12H,7,9-10,13H2,1-4H3. The fraction of sp³-hybridized carbons (Fsp3) is 0.471. The number of nitriles is 1. The fourth-order valence-electron chi connectivity index (χ4n) is 2.35. The molecule has 4 nitrogen and oxygen atoms in total. The van der Waals surface area contributed by atoms with Crippen molar-refractivity contribution in [3.05, 3.63) is 30.0 Å². The highest BCUT2D eigenvalue weighted by Crippen LogP contribution is 2.26. The van der Waals surface area contributed by atoms with E-state index in [0.717, 1.165) is 34.9 Å². The zero-order valence-corrected chi connectivity index (χ0v) is 14.8. The molecule has 118 valence electrons. The fourth-order valence-corrected chi connectivity index (χ4v) is 3.11. The minimum atomic E-state index is -1.07. The van der Waals surface area contributed by atoms with Gasteiger partial charge >= 0.3 is 0 Å². The highest BCUT2D eigenvalue weighted by molar-refractivity contribution is 6.76. The molecule has 2 aromatic rings. The number of methoxy groups -OCH3 is 1. The van der Waals surface area contributed by atoms with Gasteiger partial charge in [-0.2, -0.15) is 5.26 Å². The summed E-state index contributed by atoms with van der Waals surface area (Å²) < 4.78 is 13.2. The maximum absolute atomic E-state index is 8.98. The van der Waals surface area contributed by atoms with Crippen molar-refractivity contribution in [3.63, 3.8) is 0 Å². The van der Waals surface area contributed by atoms with Crippen LogP contribution in [-0.4, -0.2) is 26.4 Å². The second kappa shape index (κ2) is 6.99. The molecule has 22 heavy (non-hydrogen) atoms. The molecule has 0 atom stereocenters. The van der Waals surface area contributed by atoms with Crippen molar-refractivity contribution in [2.24, 2.45) is 0 Å². The highest BCUT2D eigenvalue weighted by atomic mass is 28.3. The molecule has 0 saturated heterocycles. The second-order valence-corrected chi connectivity index (χ2v) is 12.3. The van der Waals surface area contributed by atoms with Crippen molar-refractivity contribution < 1.29 is 9.47 Å². The molecule has 0 N–H and O–H groups in total. The van der Waals surface area contributed by atoms with Crippen LogP contribution < -0.4 is 4.74 Å². The largest absolute Gasteiger partial charge is 0.497 e. The van der Waals surface area contributed by atoms with Crippen LogP contribution in [0.2, 0.25) is 25.7 Å². The summed E-state index contributed by atoms with van der Waals surface area (Å²) in [4.78, 5) is 0. The normalized spacial score (nSPS) is 11.6. The van der Waals surface area contributed by atoms with Gasteiger partial charge in [0.15, 0.2) is 0 Å². The molecule has 1 aromatic carbocycles. The van der Waals surface area contributed by atoms with E-state index in [0.29, 0.717) is 13.2 Å². The van der Waals surface area contributed by atoms with Crippen LogP contribution in [0.25, 0.3) is 10.9 Å². The van der Waals surface area contributed by atoms with Crippen LogP contribution >= 0.6 is 0 Å². The van der Waals surface area contributed by atoms with Gasteiger partial charge in [0.05, 0.1) is 25.1 Å². The lowest BCUT2D eigenvalue weighted by molar-refractivity contribution is 0.0901. The van der Waals surface area contributed by atoms with Crippen molar-refractivity contribution in [1.82, 2.24) is 4.57 Å². The van der Waals surface area contributed by atoms with E-state index in [1.807, 2.05) is 24.4 Å². The summed E-state index contributed by atoms with van der Waals surface area (Å²) >= 11 is 0. The topological polar surface area (TPSA) is 47.2 Å². The lowest BCUT2D eigenvalue weighted by Gasteiger charge is -2.15. The monoisotopic (exact) mass is 316 g/mol. The first-order chi connectivity index (χ1) is 10.4. The van der Waals surface area contributed by atoms with Crippen molar-refractivity contribution >= 4 is 19.0 Å². The number of hydrogen-bond donors (Lipinski definition) is 0. The molecule has 1 heterocycles. The Hall–Kier alpha value is -1.77. The molecule has 0 fully saturated rings. The van der Waals surface area contributed by atoms with Crippen LogP contribution in [0.5, 0.6) is 5.75 Å². The second-order valence-electron chi connectivity index (χ2n) is 6.69. The van der Waals surface area contributed by atoms with E-state index >= 15 is 0 Å². The van der Waals surface area contributed by atoms with E-state index < -0.39 is 8.07 Å². The number of hydrogen-bond acceptors (Lipinski definition) is 3. The number of fused-ring (bicyclic) bond motifs is 1. The summed E-state index contributed by atoms with van der Waals surface area (Å²) in [5, 5.41) is 10.1. The summed E-state index contributed by atoms with van der Waals surface area (Å²) in [7, 11) is 0.593. The van der Waals surface area contributed by atoms with Gasteiger partial charge in [0.25, 0.3) is 0 Å². The molecule has 0 aliphatic heterocycles. The van der Waals surface area contributed by atoms with Crippen LogP contribution in [-0.2, 0) is 17.9 Å². The third kappa shape index (κ3) is 4.12. The Morgan fingerprint density at radius 3 is 2.68 bits per heavy atom. The van der Waals surface area contributed by atoms with Crippen molar-refractivity contribution in [3.8, 4) is 11.8 Å². The average molecular weight is 316 g/mol. The van der Waals surface area contributed by atoms with Gasteiger partial charge in [0.2, 0.25) is 0 Å². The van der Waals surface area contributed by atoms with Crippen LogP contribution in [0.4, 0.5) is 0 Å². The van der Waals surface area contributed by atoms with Crippen LogP contribution in [0.15, 0.2) is 24.4 Å². The Bertz CT molecular complexity index is 680. The van der Waals surface area contributed by atoms with Gasteiger partial charge in [-0.15, -0.1) is 0 Å². The summed E-state index contributed by atoms with van der Waals surface area (Å²) in [6.45, 7) is 8.33. The van der Waals surface area contributed by atoms with Crippen LogP contribution in [0, 0.1) is 11.3 Å². The van der Waals surface area contributed by atoms with Gasteiger partial charge in [-0.1, -0.05) is 19.6 Å². The van der Waals surface area contributed by atoms with E-state index in [1.165, 1.54) is 0 Å². The Balaban J connectivity index is 2.19. The quantitative estimate of drug-likeness (QED) is 0.572. The first-order valence-corrected chi connectivity index (χ1v) is 11.3. The molecule has 0 radical (unpaired) electrons. The molecule has 0 saturated carbocycles. The third-order valence-electron chi connectivity index (χ3n) is 3.67. The molecule has 2 rings (SSSR count). The Morgan fingerprint density at radius 1 is 1.27 bits per heavy atom. The van der Waals surface area contributed by atoms with Gasteiger partial charge in [0, 0.05) is 32.3 Å². The van der Waals surface area contributed by atoms with Gasteiger partial charge in [-0.25, -0.2) is 0 Å². The van der Waals surface area contributed by atoms with Gasteiger partial charge in [0.1, 0.15) is 12.5 Å². The third-order valence-corrected chi connectivity index (χ3v) is 5.37. The van der Waals surface area contributed by atoms with Gasteiger partial charge < -0.3 is 14.0 Å². The zero-order chi connectivity index (χ0) is 16.2. The molecule has 0 amide bonds. The number of ether oxygens (including phenoxy) is 2. The molecule has 1 aromatic heterocycles. The summed E-state index contributed by atoms with van der Waals surface area (Å²) in [5.41, 5.74) is 2.09. The maximum atomic E-state index is 8.98. The lowest BCUT2D eigenvalue weighted by atomic mass is 10.1. The van der Waals surface area contributed by atoms with Crippen LogP contribution in [0.1, 0.15) is 5.56 Å². The Morgan fingerprint density at radius 2 is 2.05 bits per heavy atom. The van der Waals surface area contributed by atoms with Gasteiger partial charge in [-0.3, -0.25) is 0 Å². The van der Waals surface area contributed by atoms with Crippen LogP contribution in [0.3, 0.4) is 0 Å².